The van der Waals surface area contributed by atoms with Crippen molar-refractivity contribution < 1.29 is 4.74 Å². The molecule has 7 heteroatoms. The summed E-state index contributed by atoms with van der Waals surface area (Å²) < 4.78 is 6.71. The maximum absolute atomic E-state index is 4.98. The van der Waals surface area contributed by atoms with Crippen LogP contribution in [0, 0.1) is 0 Å². The van der Waals surface area contributed by atoms with E-state index in [-0.39, 0.29) is 0 Å². The molecule has 0 bridgehead atoms. The molecular formula is C14H22N6O. The molecule has 0 aliphatic carbocycles. The van der Waals surface area contributed by atoms with E-state index in [1.54, 1.807) is 11.8 Å². The Labute approximate surface area is 124 Å². The van der Waals surface area contributed by atoms with Crippen LogP contribution in [0.5, 0.6) is 0 Å². The van der Waals surface area contributed by atoms with Gasteiger partial charge in [-0.25, -0.2) is 15.0 Å². The molecule has 114 valence electrons. The van der Waals surface area contributed by atoms with Gasteiger partial charge in [0.2, 0.25) is 0 Å². The molecule has 0 fully saturated rings. The Morgan fingerprint density at radius 1 is 1.19 bits per heavy atom. The number of ether oxygens (including phenoxy) is 1. The fourth-order valence-electron chi connectivity index (χ4n) is 1.89. The maximum atomic E-state index is 4.98. The van der Waals surface area contributed by atoms with Crippen molar-refractivity contribution in [1.82, 2.24) is 30.0 Å². The predicted octanol–water partition coefficient (Wildman–Crippen LogP) is 0.918. The Hall–Kier alpha value is -1.86. The van der Waals surface area contributed by atoms with Crippen LogP contribution >= 0.6 is 0 Å². The summed E-state index contributed by atoms with van der Waals surface area (Å²) in [6.07, 6.45) is 5.24. The molecule has 0 aromatic carbocycles. The lowest BCUT2D eigenvalue weighted by Crippen LogP contribution is -2.19. The van der Waals surface area contributed by atoms with E-state index >= 15 is 0 Å². The Bertz CT molecular complexity index is 551. The third kappa shape index (κ3) is 4.05. The van der Waals surface area contributed by atoms with Crippen molar-refractivity contribution in [2.75, 3.05) is 20.3 Å². The van der Waals surface area contributed by atoms with Crippen molar-refractivity contribution in [2.24, 2.45) is 0 Å². The topological polar surface area (TPSA) is 77.8 Å². The first-order chi connectivity index (χ1) is 10.3. The van der Waals surface area contributed by atoms with E-state index < -0.39 is 0 Å². The Morgan fingerprint density at radius 2 is 1.95 bits per heavy atom. The highest BCUT2D eigenvalue weighted by Gasteiger charge is 2.11. The zero-order chi connectivity index (χ0) is 15.1. The smallest absolute Gasteiger partial charge is 0.252 e. The van der Waals surface area contributed by atoms with E-state index in [9.17, 15) is 0 Å². The number of nitrogens with one attached hydrogen (secondary N) is 1. The maximum Gasteiger partial charge on any atom is 0.252 e. The Balaban J connectivity index is 2.06. The molecule has 2 aromatic rings. The second kappa shape index (κ2) is 7.80. The minimum Gasteiger partial charge on any atom is -0.383 e. The lowest BCUT2D eigenvalue weighted by molar-refractivity contribution is 0.199. The van der Waals surface area contributed by atoms with Gasteiger partial charge in [-0.2, -0.15) is 4.68 Å². The summed E-state index contributed by atoms with van der Waals surface area (Å²) in [5.41, 5.74) is 1.03. The first kappa shape index (κ1) is 15.5. The largest absolute Gasteiger partial charge is 0.383 e. The summed E-state index contributed by atoms with van der Waals surface area (Å²) in [6, 6.07) is 0. The summed E-state index contributed by atoms with van der Waals surface area (Å²) in [4.78, 5) is 13.2. The molecule has 0 atom stereocenters. The molecule has 0 radical (unpaired) electrons. The number of hydrogen-bond acceptors (Lipinski definition) is 6. The fourth-order valence-corrected chi connectivity index (χ4v) is 1.89. The number of methoxy groups -OCH3 is 1. The molecule has 0 aliphatic heterocycles. The zero-order valence-corrected chi connectivity index (χ0v) is 12.8. The first-order valence-corrected chi connectivity index (χ1v) is 7.24. The molecular weight excluding hydrogens is 268 g/mol. The SMILES string of the molecule is CCc1nc(CC)n(-c2ncc(CNCCOC)cn2)n1. The number of nitrogens with zero attached hydrogens (tertiary/aromatic N) is 5. The molecule has 0 amide bonds. The molecule has 7 nitrogen and oxygen atoms in total. The quantitative estimate of drug-likeness (QED) is 0.728. The predicted molar refractivity (Wildman–Crippen MR) is 79.3 cm³/mol. The van der Waals surface area contributed by atoms with Gasteiger partial charge in [-0.1, -0.05) is 13.8 Å². The van der Waals surface area contributed by atoms with Crippen molar-refractivity contribution in [3.8, 4) is 5.95 Å². The van der Waals surface area contributed by atoms with Crippen LogP contribution in [0.15, 0.2) is 12.4 Å². The van der Waals surface area contributed by atoms with E-state index in [1.165, 1.54) is 0 Å². The fraction of sp³-hybridized carbons (Fsp3) is 0.571. The van der Waals surface area contributed by atoms with Gasteiger partial charge in [0.1, 0.15) is 5.82 Å². The van der Waals surface area contributed by atoms with E-state index in [0.29, 0.717) is 12.6 Å². The van der Waals surface area contributed by atoms with Crippen LogP contribution in [0.3, 0.4) is 0 Å². The van der Waals surface area contributed by atoms with Crippen LogP contribution in [0.2, 0.25) is 0 Å². The number of hydrogen-bond donors (Lipinski definition) is 1. The Kier molecular flexibility index (Phi) is 5.77. The summed E-state index contributed by atoms with van der Waals surface area (Å²) in [5.74, 6) is 2.28. The monoisotopic (exact) mass is 290 g/mol. The van der Waals surface area contributed by atoms with Crippen molar-refractivity contribution in [3.05, 3.63) is 29.6 Å². The van der Waals surface area contributed by atoms with Crippen molar-refractivity contribution in [1.29, 1.82) is 0 Å². The van der Waals surface area contributed by atoms with Crippen LogP contribution < -0.4 is 5.32 Å². The minimum atomic E-state index is 0.569. The average Bonchev–Trinajstić information content (AvgIpc) is 2.95. The highest BCUT2D eigenvalue weighted by atomic mass is 16.5. The first-order valence-electron chi connectivity index (χ1n) is 7.24. The molecule has 2 heterocycles. The van der Waals surface area contributed by atoms with Crippen molar-refractivity contribution in [2.45, 2.75) is 33.2 Å². The van der Waals surface area contributed by atoms with Gasteiger partial charge in [-0.15, -0.1) is 5.10 Å². The Morgan fingerprint density at radius 3 is 2.57 bits per heavy atom. The molecule has 2 aromatic heterocycles. The van der Waals surface area contributed by atoms with Gasteiger partial charge >= 0.3 is 0 Å². The molecule has 0 saturated heterocycles. The highest BCUT2D eigenvalue weighted by Crippen LogP contribution is 2.07. The molecule has 21 heavy (non-hydrogen) atoms. The molecule has 2 rings (SSSR count). The summed E-state index contributed by atoms with van der Waals surface area (Å²) in [5, 5.41) is 7.69. The highest BCUT2D eigenvalue weighted by molar-refractivity contribution is 5.16. The van der Waals surface area contributed by atoms with Crippen LogP contribution in [-0.2, 0) is 24.1 Å². The van der Waals surface area contributed by atoms with Crippen LogP contribution in [0.4, 0.5) is 0 Å². The lowest BCUT2D eigenvalue weighted by atomic mass is 10.3. The third-order valence-electron chi connectivity index (χ3n) is 3.04. The average molecular weight is 290 g/mol. The second-order valence-corrected chi connectivity index (χ2v) is 4.62. The second-order valence-electron chi connectivity index (χ2n) is 4.62. The van der Waals surface area contributed by atoms with Crippen molar-refractivity contribution >= 4 is 0 Å². The molecule has 0 aliphatic rings. The number of aryl methyl sites for hydroxylation is 2. The number of aromatic nitrogens is 5. The van der Waals surface area contributed by atoms with Crippen LogP contribution in [-0.4, -0.2) is 45.0 Å². The van der Waals surface area contributed by atoms with Crippen LogP contribution in [0.1, 0.15) is 31.1 Å². The summed E-state index contributed by atoms with van der Waals surface area (Å²) in [7, 11) is 1.69. The van der Waals surface area contributed by atoms with Gasteiger partial charge in [0.15, 0.2) is 5.82 Å². The molecule has 0 saturated carbocycles. The van der Waals surface area contributed by atoms with E-state index in [0.717, 1.165) is 43.1 Å². The lowest BCUT2D eigenvalue weighted by Gasteiger charge is -2.05. The summed E-state index contributed by atoms with van der Waals surface area (Å²) >= 11 is 0. The van der Waals surface area contributed by atoms with Gasteiger partial charge in [-0.3, -0.25) is 0 Å². The van der Waals surface area contributed by atoms with Crippen molar-refractivity contribution in [3.63, 3.8) is 0 Å². The number of rotatable bonds is 8. The van der Waals surface area contributed by atoms with Gasteiger partial charge < -0.3 is 10.1 Å². The normalized spacial score (nSPS) is 11.0. The molecule has 1 N–H and O–H groups in total. The van der Waals surface area contributed by atoms with E-state index in [2.05, 4.69) is 25.4 Å². The summed E-state index contributed by atoms with van der Waals surface area (Å²) in [6.45, 7) is 6.31. The van der Waals surface area contributed by atoms with Gasteiger partial charge in [0, 0.05) is 51.0 Å². The molecule has 0 unspecified atom stereocenters. The van der Waals surface area contributed by atoms with Crippen LogP contribution in [0.25, 0.3) is 5.95 Å². The van der Waals surface area contributed by atoms with Gasteiger partial charge in [0.05, 0.1) is 6.61 Å². The van der Waals surface area contributed by atoms with Gasteiger partial charge in [-0.05, 0) is 0 Å². The standard InChI is InChI=1S/C14H22N6O/c1-4-12-18-13(5-2)20(19-12)14-16-9-11(10-17-14)8-15-6-7-21-3/h9-10,15H,4-8H2,1-3H3. The molecule has 0 spiro atoms. The van der Waals surface area contributed by atoms with E-state index in [4.69, 9.17) is 4.74 Å². The third-order valence-corrected chi connectivity index (χ3v) is 3.04. The van der Waals surface area contributed by atoms with Gasteiger partial charge in [0.25, 0.3) is 5.95 Å². The minimum absolute atomic E-state index is 0.569. The zero-order valence-electron chi connectivity index (χ0n) is 12.8. The van der Waals surface area contributed by atoms with E-state index in [1.807, 2.05) is 26.2 Å².